The van der Waals surface area contributed by atoms with Gasteiger partial charge in [-0.2, -0.15) is 0 Å². The van der Waals surface area contributed by atoms with Crippen LogP contribution in [0.4, 0.5) is 10.1 Å². The molecule has 1 aliphatic carbocycles. The minimum Gasteiger partial charge on any atom is -0.311 e. The highest BCUT2D eigenvalue weighted by Crippen LogP contribution is 2.32. The van der Waals surface area contributed by atoms with Gasteiger partial charge in [-0.05, 0) is 55.0 Å². The fourth-order valence-corrected chi connectivity index (χ4v) is 4.44. The molecule has 0 atom stereocenters. The summed E-state index contributed by atoms with van der Waals surface area (Å²) >= 11 is 1.83. The molecule has 4 nitrogen and oxygen atoms in total. The largest absolute Gasteiger partial charge is 0.311 e. The molecule has 2 heterocycles. The lowest BCUT2D eigenvalue weighted by Crippen LogP contribution is -2.49. The molecule has 0 spiro atoms. The van der Waals surface area contributed by atoms with Crippen molar-refractivity contribution in [2.45, 2.75) is 19.3 Å². The molecule has 0 unspecified atom stereocenters. The van der Waals surface area contributed by atoms with Crippen LogP contribution in [0.2, 0.25) is 0 Å². The first-order chi connectivity index (χ1) is 13.7. The van der Waals surface area contributed by atoms with Gasteiger partial charge in [-0.3, -0.25) is 9.69 Å². The van der Waals surface area contributed by atoms with Gasteiger partial charge in [0.15, 0.2) is 0 Å². The van der Waals surface area contributed by atoms with Crippen molar-refractivity contribution in [3.63, 3.8) is 0 Å². The molecular formula is C22H28FN3OS. The Bertz CT molecular complexity index is 753. The van der Waals surface area contributed by atoms with Crippen molar-refractivity contribution < 1.29 is 9.18 Å². The van der Waals surface area contributed by atoms with Crippen LogP contribution in [0.15, 0.2) is 41.8 Å². The van der Waals surface area contributed by atoms with E-state index in [2.05, 4.69) is 27.3 Å². The van der Waals surface area contributed by atoms with Crippen LogP contribution >= 0.6 is 11.3 Å². The van der Waals surface area contributed by atoms with Crippen molar-refractivity contribution in [2.75, 3.05) is 50.7 Å². The molecule has 0 bridgehead atoms. The Kier molecular flexibility index (Phi) is 6.40. The van der Waals surface area contributed by atoms with Gasteiger partial charge >= 0.3 is 0 Å². The smallest absolute Gasteiger partial charge is 0.230 e. The molecule has 2 aliphatic rings. The van der Waals surface area contributed by atoms with E-state index in [0.29, 0.717) is 6.54 Å². The van der Waals surface area contributed by atoms with Crippen molar-refractivity contribution in [3.8, 4) is 0 Å². The molecule has 150 valence electrons. The lowest BCUT2D eigenvalue weighted by atomic mass is 10.2. The predicted molar refractivity (Wildman–Crippen MR) is 112 cm³/mol. The lowest BCUT2D eigenvalue weighted by Gasteiger charge is -2.36. The maximum atomic E-state index is 13.3. The number of halogens is 1. The molecule has 2 fully saturated rings. The van der Waals surface area contributed by atoms with Crippen LogP contribution in [0.25, 0.3) is 0 Å². The standard InChI is InChI=1S/C22H28FN3OS/c23-19-5-7-20(8-6-19)26(22(27)18-3-4-18)16-15-25-13-11-24(12-14-25)10-9-21-2-1-17-28-21/h1-2,5-8,17-18H,3-4,9-16H2. The number of benzene rings is 1. The van der Waals surface area contributed by atoms with Gasteiger partial charge < -0.3 is 9.80 Å². The van der Waals surface area contributed by atoms with Gasteiger partial charge in [0.05, 0.1) is 0 Å². The first-order valence-electron chi connectivity index (χ1n) is 10.2. The second kappa shape index (κ2) is 9.16. The van der Waals surface area contributed by atoms with Crippen LogP contribution in [-0.4, -0.2) is 61.5 Å². The van der Waals surface area contributed by atoms with Crippen LogP contribution < -0.4 is 4.90 Å². The number of carbonyl (C=O) groups excluding carboxylic acids is 1. The van der Waals surface area contributed by atoms with Crippen LogP contribution in [0.5, 0.6) is 0 Å². The summed E-state index contributed by atoms with van der Waals surface area (Å²) in [6.45, 7) is 6.91. The van der Waals surface area contributed by atoms with Gasteiger partial charge in [-0.1, -0.05) is 6.07 Å². The average molecular weight is 402 g/mol. The minimum absolute atomic E-state index is 0.166. The summed E-state index contributed by atoms with van der Waals surface area (Å²) < 4.78 is 13.3. The quantitative estimate of drug-likeness (QED) is 0.678. The minimum atomic E-state index is -0.263. The molecule has 1 aromatic heterocycles. The third-order valence-electron chi connectivity index (χ3n) is 5.69. The number of thiophene rings is 1. The van der Waals surface area contributed by atoms with Crippen LogP contribution in [0, 0.1) is 11.7 Å². The summed E-state index contributed by atoms with van der Waals surface area (Å²) in [5.74, 6) is 0.0987. The number of hydrogen-bond donors (Lipinski definition) is 0. The van der Waals surface area contributed by atoms with E-state index in [-0.39, 0.29) is 17.6 Å². The van der Waals surface area contributed by atoms with Crippen LogP contribution in [-0.2, 0) is 11.2 Å². The lowest BCUT2D eigenvalue weighted by molar-refractivity contribution is -0.119. The highest BCUT2D eigenvalue weighted by atomic mass is 32.1. The van der Waals surface area contributed by atoms with Crippen molar-refractivity contribution in [1.82, 2.24) is 9.80 Å². The third kappa shape index (κ3) is 5.19. The van der Waals surface area contributed by atoms with E-state index >= 15 is 0 Å². The fraction of sp³-hybridized carbons (Fsp3) is 0.500. The molecule has 1 saturated heterocycles. The van der Waals surface area contributed by atoms with Crippen molar-refractivity contribution in [2.24, 2.45) is 5.92 Å². The zero-order chi connectivity index (χ0) is 19.3. The van der Waals surface area contributed by atoms with Crippen LogP contribution in [0.3, 0.4) is 0 Å². The zero-order valence-corrected chi connectivity index (χ0v) is 17.0. The second-order valence-corrected chi connectivity index (χ2v) is 8.79. The summed E-state index contributed by atoms with van der Waals surface area (Å²) in [5.41, 5.74) is 0.813. The SMILES string of the molecule is O=C(C1CC1)N(CCN1CCN(CCc2cccs2)CC1)c1ccc(F)cc1. The van der Waals surface area contributed by atoms with Gasteiger partial charge in [0, 0.05) is 62.3 Å². The molecule has 0 radical (unpaired) electrons. The first-order valence-corrected chi connectivity index (χ1v) is 11.1. The Hall–Kier alpha value is -1.76. The number of rotatable bonds is 8. The monoisotopic (exact) mass is 401 g/mol. The summed E-state index contributed by atoms with van der Waals surface area (Å²) in [7, 11) is 0. The van der Waals surface area contributed by atoms with Gasteiger partial charge in [0.2, 0.25) is 5.91 Å². The number of carbonyl (C=O) groups is 1. The van der Waals surface area contributed by atoms with Gasteiger partial charge in [-0.15, -0.1) is 11.3 Å². The number of anilines is 1. The normalized spacial score (nSPS) is 18.3. The summed E-state index contributed by atoms with van der Waals surface area (Å²) in [4.78, 5) is 21.0. The highest BCUT2D eigenvalue weighted by molar-refractivity contribution is 7.09. The highest BCUT2D eigenvalue weighted by Gasteiger charge is 2.34. The molecule has 1 aliphatic heterocycles. The molecule has 0 N–H and O–H groups in total. The first kappa shape index (κ1) is 19.6. The van der Waals surface area contributed by atoms with E-state index in [1.807, 2.05) is 16.2 Å². The second-order valence-electron chi connectivity index (χ2n) is 7.75. The van der Waals surface area contributed by atoms with E-state index in [4.69, 9.17) is 0 Å². The molecule has 1 aromatic carbocycles. The van der Waals surface area contributed by atoms with Gasteiger partial charge in [0.25, 0.3) is 0 Å². The number of amides is 1. The maximum absolute atomic E-state index is 13.3. The zero-order valence-electron chi connectivity index (χ0n) is 16.2. The Labute approximate surface area is 170 Å². The molecule has 6 heteroatoms. The number of nitrogens with zero attached hydrogens (tertiary/aromatic N) is 3. The van der Waals surface area contributed by atoms with Crippen LogP contribution in [0.1, 0.15) is 17.7 Å². The molecular weight excluding hydrogens is 373 g/mol. The average Bonchev–Trinajstić information content (AvgIpc) is 3.44. The van der Waals surface area contributed by atoms with Gasteiger partial charge in [-0.25, -0.2) is 4.39 Å². The Morgan fingerprint density at radius 3 is 2.32 bits per heavy atom. The molecule has 1 saturated carbocycles. The predicted octanol–water partition coefficient (Wildman–Crippen LogP) is 3.49. The topological polar surface area (TPSA) is 26.8 Å². The Morgan fingerprint density at radius 1 is 1.04 bits per heavy atom. The van der Waals surface area contributed by atoms with E-state index in [0.717, 1.165) is 64.2 Å². The summed E-state index contributed by atoms with van der Waals surface area (Å²) in [6, 6.07) is 10.6. The number of piperazine rings is 1. The number of hydrogen-bond acceptors (Lipinski definition) is 4. The van der Waals surface area contributed by atoms with Crippen molar-refractivity contribution in [3.05, 3.63) is 52.5 Å². The Balaban J connectivity index is 1.26. The maximum Gasteiger partial charge on any atom is 0.230 e. The molecule has 28 heavy (non-hydrogen) atoms. The van der Waals surface area contributed by atoms with Crippen molar-refractivity contribution in [1.29, 1.82) is 0 Å². The third-order valence-corrected chi connectivity index (χ3v) is 6.63. The van der Waals surface area contributed by atoms with E-state index in [1.165, 1.54) is 17.0 Å². The van der Waals surface area contributed by atoms with E-state index in [1.54, 1.807) is 12.1 Å². The van der Waals surface area contributed by atoms with Crippen molar-refractivity contribution >= 4 is 22.9 Å². The van der Waals surface area contributed by atoms with E-state index < -0.39 is 0 Å². The summed E-state index contributed by atoms with van der Waals surface area (Å²) in [5, 5.41) is 2.14. The fourth-order valence-electron chi connectivity index (χ4n) is 3.74. The molecule has 4 rings (SSSR count). The summed E-state index contributed by atoms with van der Waals surface area (Å²) in [6.07, 6.45) is 3.10. The molecule has 2 aromatic rings. The van der Waals surface area contributed by atoms with Gasteiger partial charge in [0.1, 0.15) is 5.82 Å². The molecule has 1 amide bonds. The Morgan fingerprint density at radius 2 is 1.71 bits per heavy atom. The van der Waals surface area contributed by atoms with E-state index in [9.17, 15) is 9.18 Å².